The predicted molar refractivity (Wildman–Crippen MR) is 425 cm³/mol. The molecular formula is C75H113N21O25. The van der Waals surface area contributed by atoms with Crippen molar-refractivity contribution in [2.75, 3.05) is 39.5 Å². The Labute approximate surface area is 694 Å². The third kappa shape index (κ3) is 35.2. The number of fused-ring (bicyclic) bond motifs is 1. The van der Waals surface area contributed by atoms with Gasteiger partial charge >= 0.3 is 11.9 Å². The fraction of sp³-hybridized carbons (Fsp3) is 0.533. The molecule has 0 spiro atoms. The number of primary amides is 2. The van der Waals surface area contributed by atoms with Crippen molar-refractivity contribution in [2.24, 2.45) is 40.3 Å². The van der Waals surface area contributed by atoms with Crippen LogP contribution >= 0.6 is 0 Å². The van der Waals surface area contributed by atoms with Crippen molar-refractivity contribution >= 4 is 99.8 Å². The van der Waals surface area contributed by atoms with Crippen LogP contribution in [0.25, 0.3) is 0 Å². The molecule has 0 aromatic heterocycles. The zero-order chi connectivity index (χ0) is 90.2. The summed E-state index contributed by atoms with van der Waals surface area (Å²) in [4.78, 5) is 240. The van der Waals surface area contributed by atoms with E-state index in [0.29, 0.717) is 11.1 Å². The number of nitrogens with one attached hydrogen (secondary N) is 15. The second kappa shape index (κ2) is 52.8. The number of aromatic hydroxyl groups is 2. The summed E-state index contributed by atoms with van der Waals surface area (Å²) in [5, 5.41) is 99.6. The fourth-order valence-corrected chi connectivity index (χ4v) is 12.3. The van der Waals surface area contributed by atoms with Gasteiger partial charge in [0.15, 0.2) is 0 Å². The van der Waals surface area contributed by atoms with Crippen LogP contribution in [-0.4, -0.2) is 271 Å². The molecule has 9 amide bonds. The number of carboxylic acid groups (broad SMARTS) is 2. The van der Waals surface area contributed by atoms with Gasteiger partial charge in [0.1, 0.15) is 78.2 Å². The molecule has 4 rings (SSSR count). The number of hydrazine groups is 3. The molecule has 3 aromatic rings. The molecule has 46 heteroatoms. The van der Waals surface area contributed by atoms with E-state index in [4.69, 9.17) is 34.4 Å². The maximum atomic E-state index is 15.6. The molecule has 3 aromatic carbocycles. The van der Waals surface area contributed by atoms with E-state index >= 15 is 24.0 Å². The SMILES string of the molecule is CC(C)C[C@H](NN[C@@H](Cc1ccc(O)cc1)C(=O)NC1Cc2ccccc2CC(C(=O)N[C@@H](CCCCN)C(=O)C(=O)[C@H](CCCCN)NC(=O)[C@H](Cc2ccc(O)cc2)NN[C@@H](CCCNC(N)N)C(=O)C(=O)[C@H](CO)NO)NC(=O)[C@H](CC(N)=O)NN[C@@H](CO)C(=O)N[C@@H](CO)C(=O)C(=O)[C@H](CC(=O)O)NC(=O)[C@H](CC(=O)O)NC1=O)C(N)=O. The first-order valence-corrected chi connectivity index (χ1v) is 38.8. The Balaban J connectivity index is 2.01. The zero-order valence-electron chi connectivity index (χ0n) is 66.7. The number of nitrogens with two attached hydrogens (primary N) is 6. The first-order valence-electron chi connectivity index (χ1n) is 38.8. The number of carbonyl (C=O) groups is 17. The molecule has 1 aliphatic rings. The van der Waals surface area contributed by atoms with Crippen LogP contribution < -0.4 is 115 Å². The van der Waals surface area contributed by atoms with Gasteiger partial charge < -0.3 is 113 Å². The largest absolute Gasteiger partial charge is 0.508 e. The maximum Gasteiger partial charge on any atom is 0.305 e. The van der Waals surface area contributed by atoms with E-state index < -0.39 is 249 Å². The summed E-state index contributed by atoms with van der Waals surface area (Å²) in [5.41, 5.74) is 52.0. The van der Waals surface area contributed by atoms with Gasteiger partial charge in [-0.1, -0.05) is 62.4 Å². The maximum absolute atomic E-state index is 15.6. The molecule has 0 radical (unpaired) electrons. The Kier molecular flexibility index (Phi) is 44.6. The smallest absolute Gasteiger partial charge is 0.305 e. The van der Waals surface area contributed by atoms with Gasteiger partial charge in [0.05, 0.1) is 63.3 Å². The Morgan fingerprint density at radius 2 is 0.934 bits per heavy atom. The van der Waals surface area contributed by atoms with Gasteiger partial charge in [-0.25, -0.2) is 32.6 Å². The van der Waals surface area contributed by atoms with Crippen LogP contribution in [0.1, 0.15) is 113 Å². The van der Waals surface area contributed by atoms with Crippen LogP contribution in [0, 0.1) is 5.92 Å². The van der Waals surface area contributed by atoms with Crippen molar-refractivity contribution in [1.29, 1.82) is 0 Å². The van der Waals surface area contributed by atoms with Crippen LogP contribution in [-0.2, 0) is 107 Å². The molecule has 14 atom stereocenters. The second-order valence-corrected chi connectivity index (χ2v) is 29.0. The third-order valence-electron chi connectivity index (χ3n) is 18.9. The van der Waals surface area contributed by atoms with Crippen LogP contribution in [0.2, 0.25) is 0 Å². The number of hydrogen-bond donors (Lipinski definition) is 29. The molecule has 0 saturated carbocycles. The van der Waals surface area contributed by atoms with E-state index in [1.54, 1.807) is 19.3 Å². The molecule has 35 N–H and O–H groups in total. The zero-order valence-corrected chi connectivity index (χ0v) is 66.7. The molecule has 1 aliphatic heterocycles. The normalized spacial score (nSPS) is 19.7. The molecule has 668 valence electrons. The number of rotatable bonds is 48. The second-order valence-electron chi connectivity index (χ2n) is 29.0. The van der Waals surface area contributed by atoms with Crippen LogP contribution in [0.5, 0.6) is 11.5 Å². The summed E-state index contributed by atoms with van der Waals surface area (Å²) in [6, 6.07) is -10.3. The number of phenolic OH excluding ortho intramolecular Hbond substituents is 2. The number of hydrogen-bond acceptors (Lipinski definition) is 35. The molecule has 0 aliphatic carbocycles. The van der Waals surface area contributed by atoms with E-state index in [0.717, 1.165) is 0 Å². The first kappa shape index (κ1) is 102. The minimum Gasteiger partial charge on any atom is -0.508 e. The summed E-state index contributed by atoms with van der Waals surface area (Å²) < 4.78 is 0. The van der Waals surface area contributed by atoms with Gasteiger partial charge in [0, 0.05) is 12.8 Å². The lowest BCUT2D eigenvalue weighted by molar-refractivity contribution is -0.146. The number of phenols is 2. The number of hydroxylamine groups is 1. The van der Waals surface area contributed by atoms with Crippen molar-refractivity contribution in [3.63, 3.8) is 0 Å². The van der Waals surface area contributed by atoms with Crippen molar-refractivity contribution < 1.29 is 122 Å². The fourth-order valence-electron chi connectivity index (χ4n) is 12.3. The summed E-state index contributed by atoms with van der Waals surface area (Å²) >= 11 is 0. The van der Waals surface area contributed by atoms with E-state index in [2.05, 4.69) is 64.5 Å². The van der Waals surface area contributed by atoms with Gasteiger partial charge in [-0.3, -0.25) is 86.8 Å². The lowest BCUT2D eigenvalue weighted by Crippen LogP contribution is -2.62. The summed E-state index contributed by atoms with van der Waals surface area (Å²) in [6.07, 6.45) is -7.33. The van der Waals surface area contributed by atoms with Gasteiger partial charge in [-0.15, -0.1) is 0 Å². The van der Waals surface area contributed by atoms with Crippen molar-refractivity contribution in [3.05, 3.63) is 95.1 Å². The van der Waals surface area contributed by atoms with Gasteiger partial charge in [-0.05, 0) is 143 Å². The number of amides is 9. The topological polar surface area (TPSA) is 789 Å². The lowest BCUT2D eigenvalue weighted by atomic mass is 9.93. The van der Waals surface area contributed by atoms with E-state index in [9.17, 15) is 98.5 Å². The number of carbonyl (C=O) groups excluding carboxylic acids is 15. The van der Waals surface area contributed by atoms with Crippen molar-refractivity contribution in [1.82, 2.24) is 80.6 Å². The minimum atomic E-state index is -2.46. The number of Topliss-reactive ketones (excluding diaryl/α,β-unsaturated/α-hetero) is 6. The van der Waals surface area contributed by atoms with Gasteiger partial charge in [0.2, 0.25) is 87.9 Å². The highest BCUT2D eigenvalue weighted by atomic mass is 16.5. The van der Waals surface area contributed by atoms with Crippen molar-refractivity contribution in [3.8, 4) is 11.5 Å². The Morgan fingerprint density at radius 3 is 1.43 bits per heavy atom. The van der Waals surface area contributed by atoms with Crippen molar-refractivity contribution in [2.45, 2.75) is 207 Å². The Bertz CT molecular complexity index is 4030. The Hall–Kier alpha value is -11.2. The molecule has 1 heterocycles. The third-order valence-corrected chi connectivity index (χ3v) is 18.9. The molecule has 2 unspecified atom stereocenters. The predicted octanol–water partition coefficient (Wildman–Crippen LogP) is -10.5. The number of ketones is 6. The highest BCUT2D eigenvalue weighted by molar-refractivity contribution is 6.42. The molecule has 0 bridgehead atoms. The number of benzene rings is 3. The number of aliphatic hydroxyl groups excluding tert-OH is 3. The number of carboxylic acids is 2. The van der Waals surface area contributed by atoms with Crippen LogP contribution in [0.3, 0.4) is 0 Å². The number of unbranched alkanes of at least 4 members (excludes halogenated alkanes) is 2. The van der Waals surface area contributed by atoms with Gasteiger partial charge in [0.25, 0.3) is 0 Å². The molecular weight excluding hydrogens is 1590 g/mol. The summed E-state index contributed by atoms with van der Waals surface area (Å²) in [6.45, 7) is -0.111. The lowest BCUT2D eigenvalue weighted by Gasteiger charge is -2.28. The molecule has 121 heavy (non-hydrogen) atoms. The molecule has 46 nitrogen and oxygen atoms in total. The molecule has 0 fully saturated rings. The number of aliphatic carboxylic acids is 2. The summed E-state index contributed by atoms with van der Waals surface area (Å²) in [7, 11) is 0. The highest BCUT2D eigenvalue weighted by Crippen LogP contribution is 2.20. The van der Waals surface area contributed by atoms with E-state index in [-0.39, 0.29) is 112 Å². The summed E-state index contributed by atoms with van der Waals surface area (Å²) in [5.74, 6) is -24.5. The Morgan fingerprint density at radius 1 is 0.488 bits per heavy atom. The van der Waals surface area contributed by atoms with E-state index in [1.165, 1.54) is 72.8 Å². The molecule has 0 saturated heterocycles. The monoisotopic (exact) mass is 1710 g/mol. The average Bonchev–Trinajstić information content (AvgIpc) is 1.05. The minimum absolute atomic E-state index is 0.0131. The van der Waals surface area contributed by atoms with Crippen LogP contribution in [0.15, 0.2) is 72.8 Å². The average molecular weight is 1710 g/mol. The van der Waals surface area contributed by atoms with E-state index in [1.807, 2.05) is 10.6 Å². The van der Waals surface area contributed by atoms with Crippen LogP contribution in [0.4, 0.5) is 0 Å². The first-order chi connectivity index (χ1) is 57.4. The standard InChI is InChI=1S/C75H113N21O25/c1-37(2)26-48(67(79)113)91-93-53(28-39-17-21-43(101)22-18-39)72(118)86-50-30-41-11-4-3-10-40(41)29-49(87-73(119)54(31-58(78)102)94-95-57(36-99)74(120)89-55(34-97)65(111)64(110)47(32-59(103)104)85-70(116)51(33-60(105)106)88-69(50)115)68(114)83-44(12-5-7-23-76)61(107)62(108)45(13-6-8-24-77)84-71(117)52(27-38-15-19-42(100)20-16-38)92-90-46(14-9-25-82-75(80)81)63(109)66(112)56(35-98)96-121/h3-4,10-11,15-22,37,44-57,75,82,90-101,121H,5-9,12-14,23-36,76-77,80-81H2,1-2H3,(H2,78,102)(H2,79,113)(H,83,114)(H,84,117)(H,85,116)(H,86,118)(H,87,119)(H,88,115)(H,89,120)(H,103,104)(H,105,106)/t44-,45-,46-,47-,48-,49?,50?,51-,52-,53-,54-,55-,56-,57-/m0/s1. The highest BCUT2D eigenvalue weighted by Gasteiger charge is 2.42. The quantitative estimate of drug-likeness (QED) is 0.0108. The number of aliphatic hydroxyl groups is 3. The van der Waals surface area contributed by atoms with Gasteiger partial charge in [-0.2, -0.15) is 5.48 Å².